The largest absolute Gasteiger partial charge is 0.368 e. The van der Waals surface area contributed by atoms with E-state index in [9.17, 15) is 0 Å². The van der Waals surface area contributed by atoms with Crippen molar-refractivity contribution in [3.8, 4) is 0 Å². The lowest BCUT2D eigenvalue weighted by Gasteiger charge is -2.40. The summed E-state index contributed by atoms with van der Waals surface area (Å²) < 4.78 is 1.14. The van der Waals surface area contributed by atoms with Gasteiger partial charge in [0.2, 0.25) is 0 Å². The van der Waals surface area contributed by atoms with Crippen LogP contribution in [0.4, 0.5) is 5.69 Å². The monoisotopic (exact) mass is 297 g/mol. The topological polar surface area (TPSA) is 32.5 Å². The zero-order chi connectivity index (χ0) is 12.4. The van der Waals surface area contributed by atoms with Crippen molar-refractivity contribution in [1.82, 2.24) is 4.90 Å². The molecule has 4 heteroatoms. The van der Waals surface area contributed by atoms with Crippen molar-refractivity contribution in [1.29, 1.82) is 0 Å². The summed E-state index contributed by atoms with van der Waals surface area (Å²) in [6.07, 6.45) is 0. The highest BCUT2D eigenvalue weighted by molar-refractivity contribution is 9.10. The number of likely N-dealkylation sites (N-methyl/N-ethyl adjacent to an activating group) is 1. The van der Waals surface area contributed by atoms with E-state index in [0.717, 1.165) is 30.7 Å². The van der Waals surface area contributed by atoms with Crippen LogP contribution >= 0.6 is 15.9 Å². The molecular formula is C13H20BrN3. The highest BCUT2D eigenvalue weighted by Crippen LogP contribution is 2.25. The number of piperazine rings is 1. The summed E-state index contributed by atoms with van der Waals surface area (Å²) in [6, 6.07) is 6.94. The van der Waals surface area contributed by atoms with Gasteiger partial charge in [-0.3, -0.25) is 4.90 Å². The summed E-state index contributed by atoms with van der Waals surface area (Å²) in [4.78, 5) is 4.80. The molecule has 2 rings (SSSR count). The minimum Gasteiger partial charge on any atom is -0.368 e. The lowest BCUT2D eigenvalue weighted by atomic mass is 10.1. The van der Waals surface area contributed by atoms with Crippen LogP contribution in [0.25, 0.3) is 0 Å². The zero-order valence-electron chi connectivity index (χ0n) is 10.5. The Kier molecular flexibility index (Phi) is 4.07. The third kappa shape index (κ3) is 2.81. The van der Waals surface area contributed by atoms with E-state index in [4.69, 9.17) is 5.73 Å². The molecule has 1 heterocycles. The maximum Gasteiger partial charge on any atom is 0.0397 e. The molecule has 94 valence electrons. The Balaban J connectivity index is 2.17. The predicted molar refractivity (Wildman–Crippen MR) is 76.6 cm³/mol. The number of nitrogens with zero attached hydrogens (tertiary/aromatic N) is 2. The molecule has 0 radical (unpaired) electrons. The molecule has 1 unspecified atom stereocenters. The van der Waals surface area contributed by atoms with Crippen LogP contribution in [0.2, 0.25) is 0 Å². The third-order valence-electron chi connectivity index (χ3n) is 3.55. The van der Waals surface area contributed by atoms with Crippen LogP contribution in [0.15, 0.2) is 22.7 Å². The Labute approximate surface area is 112 Å². The van der Waals surface area contributed by atoms with Gasteiger partial charge in [0.1, 0.15) is 0 Å². The fraction of sp³-hybridized carbons (Fsp3) is 0.538. The molecule has 1 aromatic carbocycles. The Morgan fingerprint density at radius 3 is 2.82 bits per heavy atom. The van der Waals surface area contributed by atoms with E-state index >= 15 is 0 Å². The first kappa shape index (κ1) is 12.9. The molecule has 0 amide bonds. The summed E-state index contributed by atoms with van der Waals surface area (Å²) in [5.41, 5.74) is 8.47. The van der Waals surface area contributed by atoms with Gasteiger partial charge < -0.3 is 10.6 Å². The van der Waals surface area contributed by atoms with Gasteiger partial charge in [-0.15, -0.1) is 0 Å². The number of rotatable bonds is 2. The Morgan fingerprint density at radius 2 is 2.18 bits per heavy atom. The first-order valence-electron chi connectivity index (χ1n) is 6.03. The van der Waals surface area contributed by atoms with E-state index in [1.165, 1.54) is 11.3 Å². The maximum atomic E-state index is 5.82. The van der Waals surface area contributed by atoms with Gasteiger partial charge in [-0.2, -0.15) is 0 Å². The van der Waals surface area contributed by atoms with E-state index in [1.54, 1.807) is 0 Å². The molecule has 0 aromatic heterocycles. The molecule has 0 spiro atoms. The number of hydrogen-bond acceptors (Lipinski definition) is 3. The molecule has 1 fully saturated rings. The first-order valence-corrected chi connectivity index (χ1v) is 6.82. The van der Waals surface area contributed by atoms with E-state index < -0.39 is 0 Å². The second-order valence-corrected chi connectivity index (χ2v) is 5.66. The lowest BCUT2D eigenvalue weighted by Crippen LogP contribution is -2.54. The van der Waals surface area contributed by atoms with Crippen LogP contribution in [-0.2, 0) is 0 Å². The summed E-state index contributed by atoms with van der Waals surface area (Å²) in [7, 11) is 2.16. The molecule has 1 saturated heterocycles. The number of halogens is 1. The van der Waals surface area contributed by atoms with Gasteiger partial charge in [0.25, 0.3) is 0 Å². The van der Waals surface area contributed by atoms with Crippen LogP contribution in [-0.4, -0.2) is 44.2 Å². The van der Waals surface area contributed by atoms with Gasteiger partial charge in [-0.25, -0.2) is 0 Å². The molecule has 3 nitrogen and oxygen atoms in total. The molecular weight excluding hydrogens is 278 g/mol. The van der Waals surface area contributed by atoms with Crippen molar-refractivity contribution in [3.05, 3.63) is 28.2 Å². The number of nitrogens with two attached hydrogens (primary N) is 1. The number of aryl methyl sites for hydroxylation is 1. The normalized spacial score (nSPS) is 21.9. The highest BCUT2D eigenvalue weighted by atomic mass is 79.9. The quantitative estimate of drug-likeness (QED) is 0.904. The molecule has 0 bridgehead atoms. The average molecular weight is 298 g/mol. The minimum atomic E-state index is 0.465. The SMILES string of the molecule is Cc1cc(Br)ccc1N1CCN(C)C(CN)C1. The second-order valence-electron chi connectivity index (χ2n) is 4.75. The summed E-state index contributed by atoms with van der Waals surface area (Å²) >= 11 is 3.51. The van der Waals surface area contributed by atoms with Gasteiger partial charge >= 0.3 is 0 Å². The maximum absolute atomic E-state index is 5.82. The summed E-state index contributed by atoms with van der Waals surface area (Å²) in [6.45, 7) is 6.07. The number of anilines is 1. The fourth-order valence-corrected chi connectivity index (χ4v) is 2.87. The molecule has 0 saturated carbocycles. The molecule has 1 atom stereocenters. The van der Waals surface area contributed by atoms with Crippen molar-refractivity contribution in [2.45, 2.75) is 13.0 Å². The lowest BCUT2D eigenvalue weighted by molar-refractivity contribution is 0.224. The van der Waals surface area contributed by atoms with E-state index in [0.29, 0.717) is 6.04 Å². The third-order valence-corrected chi connectivity index (χ3v) is 4.04. The van der Waals surface area contributed by atoms with Gasteiger partial charge in [0.15, 0.2) is 0 Å². The minimum absolute atomic E-state index is 0.465. The van der Waals surface area contributed by atoms with Crippen molar-refractivity contribution in [3.63, 3.8) is 0 Å². The van der Waals surface area contributed by atoms with Crippen LogP contribution < -0.4 is 10.6 Å². The number of benzene rings is 1. The molecule has 1 aromatic rings. The zero-order valence-corrected chi connectivity index (χ0v) is 12.1. The average Bonchev–Trinajstić information content (AvgIpc) is 2.30. The Hall–Kier alpha value is -0.580. The molecule has 1 aliphatic heterocycles. The van der Waals surface area contributed by atoms with Crippen molar-refractivity contribution in [2.24, 2.45) is 5.73 Å². The van der Waals surface area contributed by atoms with E-state index in [-0.39, 0.29) is 0 Å². The smallest absolute Gasteiger partial charge is 0.0397 e. The van der Waals surface area contributed by atoms with Crippen LogP contribution in [0.5, 0.6) is 0 Å². The van der Waals surface area contributed by atoms with Crippen LogP contribution in [0.3, 0.4) is 0 Å². The van der Waals surface area contributed by atoms with Crippen molar-refractivity contribution in [2.75, 3.05) is 38.1 Å². The van der Waals surface area contributed by atoms with Gasteiger partial charge in [-0.1, -0.05) is 15.9 Å². The molecule has 17 heavy (non-hydrogen) atoms. The first-order chi connectivity index (χ1) is 8.11. The molecule has 1 aliphatic rings. The fourth-order valence-electron chi connectivity index (χ4n) is 2.39. The Bertz CT molecular complexity index is 394. The van der Waals surface area contributed by atoms with Gasteiger partial charge in [-0.05, 0) is 37.7 Å². The standard InChI is InChI=1S/C13H20BrN3/c1-10-7-11(14)3-4-13(10)17-6-5-16(2)12(8-15)9-17/h3-4,7,12H,5-6,8-9,15H2,1-2H3. The predicted octanol–water partition coefficient (Wildman–Crippen LogP) is 1.84. The van der Waals surface area contributed by atoms with Gasteiger partial charge in [0, 0.05) is 42.4 Å². The Morgan fingerprint density at radius 1 is 1.41 bits per heavy atom. The van der Waals surface area contributed by atoms with E-state index in [2.05, 4.69) is 57.9 Å². The van der Waals surface area contributed by atoms with Crippen LogP contribution in [0, 0.1) is 6.92 Å². The highest BCUT2D eigenvalue weighted by Gasteiger charge is 2.23. The van der Waals surface area contributed by atoms with Crippen molar-refractivity contribution < 1.29 is 0 Å². The second kappa shape index (κ2) is 5.38. The summed E-state index contributed by atoms with van der Waals surface area (Å²) in [5, 5.41) is 0. The van der Waals surface area contributed by atoms with Gasteiger partial charge in [0.05, 0.1) is 0 Å². The van der Waals surface area contributed by atoms with Crippen LogP contribution in [0.1, 0.15) is 5.56 Å². The summed E-state index contributed by atoms with van der Waals surface area (Å²) in [5.74, 6) is 0. The van der Waals surface area contributed by atoms with E-state index in [1.807, 2.05) is 0 Å². The van der Waals surface area contributed by atoms with Crippen molar-refractivity contribution >= 4 is 21.6 Å². The number of hydrogen-bond donors (Lipinski definition) is 1. The molecule has 2 N–H and O–H groups in total. The molecule has 0 aliphatic carbocycles.